The maximum Gasteiger partial charge on any atom is 0.274 e. The Hall–Kier alpha value is -3.90. The number of ether oxygens (including phenoxy) is 1. The maximum atomic E-state index is 13.2. The zero-order chi connectivity index (χ0) is 23.2. The number of benzene rings is 3. The monoisotopic (exact) mass is 465 g/mol. The van der Waals surface area contributed by atoms with Crippen LogP contribution in [0.15, 0.2) is 77.7 Å². The third-order valence-corrected chi connectivity index (χ3v) is 7.15. The molecule has 0 saturated carbocycles. The molecule has 0 bridgehead atoms. The van der Waals surface area contributed by atoms with Gasteiger partial charge in [-0.1, -0.05) is 53.8 Å². The van der Waals surface area contributed by atoms with Crippen molar-refractivity contribution in [2.45, 2.75) is 20.4 Å². The van der Waals surface area contributed by atoms with Gasteiger partial charge in [0.05, 0.1) is 22.1 Å². The topological polar surface area (TPSA) is 48.5 Å². The Balaban J connectivity index is 1.37. The Bertz CT molecular complexity index is 1790. The highest BCUT2D eigenvalue weighted by atomic mass is 32.1. The van der Waals surface area contributed by atoms with E-state index in [9.17, 15) is 4.79 Å². The fourth-order valence-corrected chi connectivity index (χ4v) is 5.42. The van der Waals surface area contributed by atoms with Gasteiger partial charge in [-0.3, -0.25) is 4.79 Å². The lowest BCUT2D eigenvalue weighted by molar-refractivity contribution is 0.298. The average molecular weight is 466 g/mol. The fourth-order valence-electron chi connectivity index (χ4n) is 4.45. The number of fused-ring (bicyclic) bond motifs is 4. The molecule has 0 saturated heterocycles. The van der Waals surface area contributed by atoms with Gasteiger partial charge in [-0.05, 0) is 55.3 Å². The number of para-hydroxylation sites is 3. The summed E-state index contributed by atoms with van der Waals surface area (Å²) in [5.74, 6) is 0.924. The van der Waals surface area contributed by atoms with E-state index in [4.69, 9.17) is 4.74 Å². The summed E-state index contributed by atoms with van der Waals surface area (Å²) < 4.78 is 10.7. The summed E-state index contributed by atoms with van der Waals surface area (Å²) >= 11 is 1.43. The molecule has 0 aliphatic rings. The van der Waals surface area contributed by atoms with Gasteiger partial charge in [0.25, 0.3) is 5.56 Å². The second-order valence-corrected chi connectivity index (χ2v) is 9.56. The summed E-state index contributed by atoms with van der Waals surface area (Å²) in [6.45, 7) is 5.41. The molecule has 34 heavy (non-hydrogen) atoms. The molecule has 0 N–H and O–H groups in total. The van der Waals surface area contributed by atoms with Crippen LogP contribution in [-0.4, -0.2) is 20.6 Å². The minimum Gasteiger partial charge on any atom is -0.491 e. The molecule has 0 atom stereocenters. The van der Waals surface area contributed by atoms with E-state index in [1.54, 1.807) is 4.40 Å². The smallest absolute Gasteiger partial charge is 0.274 e. The molecule has 6 aromatic rings. The van der Waals surface area contributed by atoms with Crippen molar-refractivity contribution in [3.05, 3.63) is 105 Å². The molecular formula is C28H23N3O2S. The first kappa shape index (κ1) is 20.7. The fraction of sp³-hybridized carbons (Fsp3) is 0.143. The minimum atomic E-state index is -0.0243. The highest BCUT2D eigenvalue weighted by Crippen LogP contribution is 2.23. The van der Waals surface area contributed by atoms with Crippen molar-refractivity contribution < 1.29 is 4.74 Å². The number of aryl methyl sites for hydroxylation is 2. The Labute approximate surface area is 200 Å². The molecule has 5 nitrogen and oxygen atoms in total. The maximum absolute atomic E-state index is 13.2. The van der Waals surface area contributed by atoms with Crippen molar-refractivity contribution in [2.75, 3.05) is 6.61 Å². The number of hydrogen-bond donors (Lipinski definition) is 0. The van der Waals surface area contributed by atoms with E-state index < -0.39 is 0 Å². The molecule has 168 valence electrons. The van der Waals surface area contributed by atoms with Gasteiger partial charge in [0.15, 0.2) is 4.96 Å². The van der Waals surface area contributed by atoms with Gasteiger partial charge >= 0.3 is 0 Å². The van der Waals surface area contributed by atoms with Crippen LogP contribution in [0.5, 0.6) is 5.75 Å². The summed E-state index contributed by atoms with van der Waals surface area (Å²) in [7, 11) is 0. The van der Waals surface area contributed by atoms with Gasteiger partial charge in [-0.2, -0.15) is 0 Å². The minimum absolute atomic E-state index is 0.0243. The van der Waals surface area contributed by atoms with E-state index in [0.29, 0.717) is 17.7 Å². The Morgan fingerprint density at radius 1 is 1.00 bits per heavy atom. The van der Waals surface area contributed by atoms with Crippen LogP contribution in [0.2, 0.25) is 0 Å². The second kappa shape index (κ2) is 8.15. The molecule has 3 aromatic heterocycles. The molecule has 6 heteroatoms. The average Bonchev–Trinajstić information content (AvgIpc) is 3.48. The van der Waals surface area contributed by atoms with E-state index in [1.807, 2.05) is 42.5 Å². The van der Waals surface area contributed by atoms with E-state index in [1.165, 1.54) is 16.9 Å². The highest BCUT2D eigenvalue weighted by Gasteiger charge is 2.12. The molecule has 3 aromatic carbocycles. The van der Waals surface area contributed by atoms with Crippen LogP contribution in [0.4, 0.5) is 0 Å². The Kier molecular flexibility index (Phi) is 4.96. The summed E-state index contributed by atoms with van der Waals surface area (Å²) in [6.07, 6.45) is 4.10. The molecule has 0 amide bonds. The normalized spacial score (nSPS) is 12.4. The molecule has 0 aliphatic carbocycles. The summed E-state index contributed by atoms with van der Waals surface area (Å²) in [5, 5.41) is 1.12. The van der Waals surface area contributed by atoms with E-state index in [0.717, 1.165) is 43.8 Å². The Morgan fingerprint density at radius 3 is 2.68 bits per heavy atom. The lowest BCUT2D eigenvalue weighted by atomic mass is 10.1. The standard InChI is InChI=1S/C28H23N3O2S/c1-18-11-12-19(2)25(15-18)33-14-13-30-17-20(21-7-3-5-9-23(21)30)16-26-27(32)31-24-10-6-4-8-22(24)29-28(31)34-26/h3-12,15-17H,13-14H2,1-2H3. The second-order valence-electron chi connectivity index (χ2n) is 8.55. The van der Waals surface area contributed by atoms with Crippen LogP contribution >= 0.6 is 11.3 Å². The number of thiazole rings is 1. The van der Waals surface area contributed by atoms with E-state index >= 15 is 0 Å². The zero-order valence-corrected chi connectivity index (χ0v) is 19.8. The van der Waals surface area contributed by atoms with Gasteiger partial charge in [0.2, 0.25) is 0 Å². The number of nitrogens with zero attached hydrogens (tertiary/aromatic N) is 3. The van der Waals surface area contributed by atoms with Crippen molar-refractivity contribution in [3.63, 3.8) is 0 Å². The Morgan fingerprint density at radius 2 is 1.79 bits per heavy atom. The van der Waals surface area contributed by atoms with Crippen LogP contribution in [-0.2, 0) is 6.54 Å². The third kappa shape index (κ3) is 3.47. The summed E-state index contributed by atoms with van der Waals surface area (Å²) in [5.41, 5.74) is 6.14. The van der Waals surface area contributed by atoms with Crippen LogP contribution in [0.25, 0.3) is 33.0 Å². The van der Waals surface area contributed by atoms with E-state index in [-0.39, 0.29) is 5.56 Å². The van der Waals surface area contributed by atoms with Gasteiger partial charge in [-0.25, -0.2) is 9.38 Å². The molecule has 0 fully saturated rings. The van der Waals surface area contributed by atoms with Gasteiger partial charge in [0.1, 0.15) is 12.4 Å². The predicted molar refractivity (Wildman–Crippen MR) is 139 cm³/mol. The zero-order valence-electron chi connectivity index (χ0n) is 19.0. The van der Waals surface area contributed by atoms with Crippen molar-refractivity contribution in [1.82, 2.24) is 14.0 Å². The van der Waals surface area contributed by atoms with Crippen molar-refractivity contribution in [1.29, 1.82) is 0 Å². The molecule has 3 heterocycles. The first-order valence-electron chi connectivity index (χ1n) is 11.3. The van der Waals surface area contributed by atoms with Crippen molar-refractivity contribution in [3.8, 4) is 5.75 Å². The number of rotatable bonds is 5. The quantitative estimate of drug-likeness (QED) is 0.356. The van der Waals surface area contributed by atoms with Crippen molar-refractivity contribution >= 4 is 44.3 Å². The third-order valence-electron chi connectivity index (χ3n) is 6.18. The summed E-state index contributed by atoms with van der Waals surface area (Å²) in [4.78, 5) is 18.6. The van der Waals surface area contributed by atoms with Gasteiger partial charge in [-0.15, -0.1) is 0 Å². The highest BCUT2D eigenvalue weighted by molar-refractivity contribution is 7.15. The molecular weight excluding hydrogens is 442 g/mol. The number of hydrogen-bond acceptors (Lipinski definition) is 4. The molecule has 0 unspecified atom stereocenters. The van der Waals surface area contributed by atoms with Crippen LogP contribution in [0, 0.1) is 13.8 Å². The number of aromatic nitrogens is 3. The summed E-state index contributed by atoms with van der Waals surface area (Å²) in [6, 6.07) is 22.3. The largest absolute Gasteiger partial charge is 0.491 e. The lowest BCUT2D eigenvalue weighted by Crippen LogP contribution is -2.22. The van der Waals surface area contributed by atoms with Crippen LogP contribution in [0.3, 0.4) is 0 Å². The lowest BCUT2D eigenvalue weighted by Gasteiger charge is -2.11. The predicted octanol–water partition coefficient (Wildman–Crippen LogP) is 5.11. The number of imidazole rings is 1. The van der Waals surface area contributed by atoms with Crippen molar-refractivity contribution in [2.24, 2.45) is 0 Å². The molecule has 0 spiro atoms. The molecule has 0 radical (unpaired) electrons. The first-order chi connectivity index (χ1) is 16.6. The first-order valence-corrected chi connectivity index (χ1v) is 12.1. The SMILES string of the molecule is Cc1ccc(C)c(OCCn2cc(C=c3sc4nc5ccccc5n4c3=O)c3ccccc32)c1. The molecule has 6 rings (SSSR count). The van der Waals surface area contributed by atoms with Gasteiger partial charge in [0, 0.05) is 22.7 Å². The molecule has 0 aliphatic heterocycles. The van der Waals surface area contributed by atoms with Crippen LogP contribution in [0.1, 0.15) is 16.7 Å². The van der Waals surface area contributed by atoms with E-state index in [2.05, 4.69) is 59.9 Å². The van der Waals surface area contributed by atoms with Gasteiger partial charge < -0.3 is 9.30 Å². The van der Waals surface area contributed by atoms with Crippen LogP contribution < -0.4 is 14.8 Å².